The Labute approximate surface area is 168 Å². The Kier molecular flexibility index (Phi) is 8.16. The van der Waals surface area contributed by atoms with E-state index in [9.17, 15) is 10.1 Å². The summed E-state index contributed by atoms with van der Waals surface area (Å²) in [6.07, 6.45) is 3.13. The molecule has 2 aromatic rings. The fourth-order valence-electron chi connectivity index (χ4n) is 2.28. The number of nitrogens with zero attached hydrogens (tertiary/aromatic N) is 2. The predicted molar refractivity (Wildman–Crippen MR) is 113 cm³/mol. The summed E-state index contributed by atoms with van der Waals surface area (Å²) >= 11 is 5.16. The standard InChI is InChI=1S/C19H22N4O4S/c1-3-4-10-27-18-16(23(24)25)11-14(12-17(18)26-2)13-20-22-19(28)21-15-8-6-5-7-9-15/h5-9,11-13H,3-4,10H2,1-2H3,(H2,21,22,28)/b20-13+. The van der Waals surface area contributed by atoms with E-state index in [2.05, 4.69) is 15.8 Å². The average Bonchev–Trinajstić information content (AvgIpc) is 2.69. The summed E-state index contributed by atoms with van der Waals surface area (Å²) in [6.45, 7) is 2.39. The molecule has 0 saturated heterocycles. The number of hydrogen-bond donors (Lipinski definition) is 2. The molecule has 2 aromatic carbocycles. The highest BCUT2D eigenvalue weighted by Crippen LogP contribution is 2.38. The highest BCUT2D eigenvalue weighted by molar-refractivity contribution is 7.80. The normalized spacial score (nSPS) is 10.5. The number of ether oxygens (including phenoxy) is 2. The van der Waals surface area contributed by atoms with Gasteiger partial charge < -0.3 is 14.8 Å². The molecule has 0 unspecified atom stereocenters. The van der Waals surface area contributed by atoms with Crippen molar-refractivity contribution in [1.29, 1.82) is 0 Å². The van der Waals surface area contributed by atoms with Crippen LogP contribution < -0.4 is 20.2 Å². The van der Waals surface area contributed by atoms with Gasteiger partial charge in [0.2, 0.25) is 5.75 Å². The van der Waals surface area contributed by atoms with Crippen LogP contribution >= 0.6 is 12.2 Å². The molecule has 0 amide bonds. The molecule has 0 aliphatic rings. The molecule has 0 bridgehead atoms. The van der Waals surface area contributed by atoms with Crippen LogP contribution in [0.4, 0.5) is 11.4 Å². The maximum absolute atomic E-state index is 11.4. The van der Waals surface area contributed by atoms with Gasteiger partial charge in [-0.15, -0.1) is 0 Å². The number of thiocarbonyl (C=S) groups is 1. The number of benzene rings is 2. The van der Waals surface area contributed by atoms with Gasteiger partial charge in [-0.2, -0.15) is 5.10 Å². The summed E-state index contributed by atoms with van der Waals surface area (Å²) in [6, 6.07) is 12.4. The van der Waals surface area contributed by atoms with E-state index >= 15 is 0 Å². The summed E-state index contributed by atoms with van der Waals surface area (Å²) in [5.41, 5.74) is 3.79. The minimum absolute atomic E-state index is 0.118. The van der Waals surface area contributed by atoms with Crippen LogP contribution in [0, 0.1) is 10.1 Å². The number of nitro groups is 1. The number of hydrazone groups is 1. The van der Waals surface area contributed by atoms with E-state index in [4.69, 9.17) is 21.7 Å². The first-order valence-electron chi connectivity index (χ1n) is 8.69. The Bertz CT molecular complexity index is 843. The van der Waals surface area contributed by atoms with E-state index in [0.717, 1.165) is 18.5 Å². The summed E-state index contributed by atoms with van der Waals surface area (Å²) in [5.74, 6) is 0.393. The Balaban J connectivity index is 2.11. The Hall–Kier alpha value is -3.20. The molecule has 8 nitrogen and oxygen atoms in total. The average molecular weight is 402 g/mol. The molecular formula is C19H22N4O4S. The quantitative estimate of drug-likeness (QED) is 0.214. The van der Waals surface area contributed by atoms with Crippen LogP contribution in [0.25, 0.3) is 0 Å². The Morgan fingerprint density at radius 1 is 1.32 bits per heavy atom. The van der Waals surface area contributed by atoms with Crippen molar-refractivity contribution in [2.24, 2.45) is 5.10 Å². The third-order valence-electron chi connectivity index (χ3n) is 3.63. The first-order chi connectivity index (χ1) is 13.5. The van der Waals surface area contributed by atoms with Crippen LogP contribution in [0.2, 0.25) is 0 Å². The van der Waals surface area contributed by atoms with E-state index in [1.807, 2.05) is 37.3 Å². The van der Waals surface area contributed by atoms with Crippen LogP contribution in [0.15, 0.2) is 47.6 Å². The fourth-order valence-corrected chi connectivity index (χ4v) is 2.45. The lowest BCUT2D eigenvalue weighted by atomic mass is 10.2. The van der Waals surface area contributed by atoms with E-state index < -0.39 is 4.92 Å². The third kappa shape index (κ3) is 6.20. The maximum atomic E-state index is 11.4. The van der Waals surface area contributed by atoms with Crippen molar-refractivity contribution in [1.82, 2.24) is 5.43 Å². The van der Waals surface area contributed by atoms with Gasteiger partial charge >= 0.3 is 5.69 Å². The number of methoxy groups -OCH3 is 1. The van der Waals surface area contributed by atoms with Gasteiger partial charge in [-0.05, 0) is 36.8 Å². The zero-order chi connectivity index (χ0) is 20.4. The lowest BCUT2D eigenvalue weighted by Crippen LogP contribution is -2.23. The minimum Gasteiger partial charge on any atom is -0.493 e. The molecule has 0 aliphatic heterocycles. The molecule has 0 spiro atoms. The molecule has 0 aromatic heterocycles. The molecule has 9 heteroatoms. The number of para-hydroxylation sites is 1. The Morgan fingerprint density at radius 3 is 2.71 bits per heavy atom. The lowest BCUT2D eigenvalue weighted by Gasteiger charge is -2.11. The topological polar surface area (TPSA) is 98.0 Å². The molecule has 0 saturated carbocycles. The molecular weight excluding hydrogens is 380 g/mol. The van der Waals surface area contributed by atoms with Crippen molar-refractivity contribution in [2.75, 3.05) is 19.0 Å². The van der Waals surface area contributed by atoms with E-state index in [1.54, 1.807) is 6.07 Å². The smallest absolute Gasteiger partial charge is 0.315 e. The summed E-state index contributed by atoms with van der Waals surface area (Å²) < 4.78 is 10.8. The second-order valence-corrected chi connectivity index (χ2v) is 6.13. The summed E-state index contributed by atoms with van der Waals surface area (Å²) in [5, 5.41) is 18.7. The van der Waals surface area contributed by atoms with E-state index in [1.165, 1.54) is 19.4 Å². The van der Waals surface area contributed by atoms with E-state index in [-0.39, 0.29) is 17.2 Å². The molecule has 28 heavy (non-hydrogen) atoms. The zero-order valence-electron chi connectivity index (χ0n) is 15.7. The zero-order valence-corrected chi connectivity index (χ0v) is 16.5. The van der Waals surface area contributed by atoms with Gasteiger partial charge in [-0.25, -0.2) is 0 Å². The highest BCUT2D eigenvalue weighted by Gasteiger charge is 2.22. The molecule has 148 valence electrons. The highest BCUT2D eigenvalue weighted by atomic mass is 32.1. The van der Waals surface area contributed by atoms with Crippen molar-refractivity contribution in [2.45, 2.75) is 19.8 Å². The molecule has 0 radical (unpaired) electrons. The number of nitro benzene ring substituents is 1. The lowest BCUT2D eigenvalue weighted by molar-refractivity contribution is -0.386. The molecule has 2 rings (SSSR count). The van der Waals surface area contributed by atoms with Crippen molar-refractivity contribution in [3.8, 4) is 11.5 Å². The third-order valence-corrected chi connectivity index (χ3v) is 3.82. The van der Waals surface area contributed by atoms with Crippen molar-refractivity contribution in [3.05, 3.63) is 58.1 Å². The fraction of sp³-hybridized carbons (Fsp3) is 0.263. The summed E-state index contributed by atoms with van der Waals surface area (Å²) in [7, 11) is 1.43. The van der Waals surface area contributed by atoms with Gasteiger partial charge in [0, 0.05) is 17.3 Å². The van der Waals surface area contributed by atoms with Crippen LogP contribution in [0.3, 0.4) is 0 Å². The van der Waals surface area contributed by atoms with E-state index in [0.29, 0.717) is 17.3 Å². The van der Waals surface area contributed by atoms with Gasteiger partial charge in [0.25, 0.3) is 0 Å². The first kappa shape index (κ1) is 21.1. The van der Waals surface area contributed by atoms with Gasteiger partial charge in [0.05, 0.1) is 24.9 Å². The molecule has 0 heterocycles. The van der Waals surface area contributed by atoms with Crippen molar-refractivity contribution < 1.29 is 14.4 Å². The van der Waals surface area contributed by atoms with Gasteiger partial charge in [0.1, 0.15) is 0 Å². The molecule has 2 N–H and O–H groups in total. The van der Waals surface area contributed by atoms with Gasteiger partial charge in [-0.1, -0.05) is 31.5 Å². The van der Waals surface area contributed by atoms with Crippen LogP contribution in [-0.4, -0.2) is 30.0 Å². The SMILES string of the molecule is CCCCOc1c(OC)cc(/C=N/NC(=S)Nc2ccccc2)cc1[N+](=O)[O-]. The van der Waals surface area contributed by atoms with Crippen LogP contribution in [0.1, 0.15) is 25.3 Å². The first-order valence-corrected chi connectivity index (χ1v) is 9.10. The maximum Gasteiger partial charge on any atom is 0.315 e. The predicted octanol–water partition coefficient (Wildman–Crippen LogP) is 4.10. The van der Waals surface area contributed by atoms with Crippen molar-refractivity contribution >= 4 is 34.9 Å². The second-order valence-electron chi connectivity index (χ2n) is 5.72. The number of nitrogens with one attached hydrogen (secondary N) is 2. The van der Waals surface area contributed by atoms with Crippen LogP contribution in [0.5, 0.6) is 11.5 Å². The van der Waals surface area contributed by atoms with Crippen LogP contribution in [-0.2, 0) is 0 Å². The summed E-state index contributed by atoms with van der Waals surface area (Å²) in [4.78, 5) is 10.9. The minimum atomic E-state index is -0.504. The molecule has 0 aliphatic carbocycles. The largest absolute Gasteiger partial charge is 0.493 e. The number of rotatable bonds is 9. The second kappa shape index (κ2) is 10.8. The van der Waals surface area contributed by atoms with Crippen molar-refractivity contribution in [3.63, 3.8) is 0 Å². The number of hydrogen-bond acceptors (Lipinski definition) is 6. The number of unbranched alkanes of at least 4 members (excludes halogenated alkanes) is 1. The monoisotopic (exact) mass is 402 g/mol. The molecule has 0 atom stereocenters. The number of anilines is 1. The molecule has 0 fully saturated rings. The van der Waals surface area contributed by atoms with Gasteiger partial charge in [0.15, 0.2) is 10.9 Å². The Morgan fingerprint density at radius 2 is 2.07 bits per heavy atom. The van der Waals surface area contributed by atoms with Gasteiger partial charge in [-0.3, -0.25) is 15.5 Å².